The van der Waals surface area contributed by atoms with E-state index in [2.05, 4.69) is 16.9 Å². The zero-order valence-electron chi connectivity index (χ0n) is 10.6. The molecule has 0 amide bonds. The van der Waals surface area contributed by atoms with Crippen LogP contribution in [-0.2, 0) is 11.3 Å². The molecule has 0 spiro atoms. The fourth-order valence-electron chi connectivity index (χ4n) is 2.38. The van der Waals surface area contributed by atoms with Crippen LogP contribution in [0.5, 0.6) is 0 Å². The normalized spacial score (nSPS) is 16.4. The molecule has 1 heterocycles. The molecule has 5 heteroatoms. The fraction of sp³-hybridized carbons (Fsp3) is 0.692. The smallest absolute Gasteiger partial charge is 0.157 e. The summed E-state index contributed by atoms with van der Waals surface area (Å²) >= 11 is 12.5. The van der Waals surface area contributed by atoms with Gasteiger partial charge in [0.15, 0.2) is 5.82 Å². The quantitative estimate of drug-likeness (QED) is 0.596. The summed E-state index contributed by atoms with van der Waals surface area (Å²) in [5, 5.41) is 0.994. The highest BCUT2D eigenvalue weighted by Crippen LogP contribution is 2.39. The number of hydrogen-bond donors (Lipinski definition) is 0. The van der Waals surface area contributed by atoms with Gasteiger partial charge in [0.25, 0.3) is 0 Å². The van der Waals surface area contributed by atoms with E-state index in [1.165, 1.54) is 12.8 Å². The Morgan fingerprint density at radius 1 is 1.17 bits per heavy atom. The van der Waals surface area contributed by atoms with E-state index in [-0.39, 0.29) is 0 Å². The lowest BCUT2D eigenvalue weighted by molar-refractivity contribution is 0.116. The van der Waals surface area contributed by atoms with Crippen molar-refractivity contribution >= 4 is 23.2 Å². The minimum atomic E-state index is 0.373. The molecule has 0 saturated heterocycles. The van der Waals surface area contributed by atoms with Crippen LogP contribution in [0.15, 0.2) is 0 Å². The third-order valence-corrected chi connectivity index (χ3v) is 3.82. The predicted molar refractivity (Wildman–Crippen MR) is 73.2 cm³/mol. The van der Waals surface area contributed by atoms with E-state index in [1.807, 2.05) is 0 Å². The van der Waals surface area contributed by atoms with Gasteiger partial charge in [0.2, 0.25) is 0 Å². The van der Waals surface area contributed by atoms with Crippen molar-refractivity contribution in [2.45, 2.75) is 51.6 Å². The van der Waals surface area contributed by atoms with Gasteiger partial charge in [-0.15, -0.1) is 0 Å². The molecule has 1 saturated carbocycles. The maximum Gasteiger partial charge on any atom is 0.157 e. The Labute approximate surface area is 118 Å². The van der Waals surface area contributed by atoms with Crippen molar-refractivity contribution in [2.24, 2.45) is 0 Å². The van der Waals surface area contributed by atoms with Crippen LogP contribution >= 0.6 is 23.2 Å². The molecule has 100 valence electrons. The van der Waals surface area contributed by atoms with Crippen molar-refractivity contribution in [1.82, 2.24) is 9.97 Å². The molecule has 0 radical (unpaired) electrons. The van der Waals surface area contributed by atoms with Crippen LogP contribution in [0.4, 0.5) is 0 Å². The first-order chi connectivity index (χ1) is 8.72. The lowest BCUT2D eigenvalue weighted by Crippen LogP contribution is -2.05. The van der Waals surface area contributed by atoms with Gasteiger partial charge in [-0.3, -0.25) is 0 Å². The summed E-state index contributed by atoms with van der Waals surface area (Å²) in [6.45, 7) is 3.13. The summed E-state index contributed by atoms with van der Waals surface area (Å²) < 4.78 is 5.40. The van der Waals surface area contributed by atoms with Crippen LogP contribution in [0.3, 0.4) is 0 Å². The van der Waals surface area contributed by atoms with E-state index >= 15 is 0 Å². The molecule has 1 aromatic rings. The summed E-state index contributed by atoms with van der Waals surface area (Å²) in [7, 11) is 0. The Morgan fingerprint density at radius 2 is 1.78 bits per heavy atom. The molecule has 18 heavy (non-hydrogen) atoms. The molecular weight excluding hydrogens is 271 g/mol. The molecule has 1 fully saturated rings. The Balaban J connectivity index is 2.12. The van der Waals surface area contributed by atoms with Gasteiger partial charge in [-0.1, -0.05) is 43.0 Å². The van der Waals surface area contributed by atoms with Crippen molar-refractivity contribution in [3.8, 4) is 0 Å². The highest BCUT2D eigenvalue weighted by atomic mass is 35.5. The number of aromatic nitrogens is 2. The number of halogens is 2. The van der Waals surface area contributed by atoms with Gasteiger partial charge in [0.1, 0.15) is 16.9 Å². The Kier molecular flexibility index (Phi) is 5.22. The second kappa shape index (κ2) is 6.69. The van der Waals surface area contributed by atoms with Gasteiger partial charge in [-0.05, 0) is 25.2 Å². The van der Waals surface area contributed by atoms with Crippen molar-refractivity contribution in [3.63, 3.8) is 0 Å². The summed E-state index contributed by atoms with van der Waals surface area (Å²) in [5.74, 6) is 0.996. The second-order valence-electron chi connectivity index (χ2n) is 4.67. The lowest BCUT2D eigenvalue weighted by atomic mass is 10.0. The summed E-state index contributed by atoms with van der Waals surface area (Å²) in [6.07, 6.45) is 5.71. The second-order valence-corrected chi connectivity index (χ2v) is 5.39. The molecule has 0 atom stereocenters. The van der Waals surface area contributed by atoms with Gasteiger partial charge >= 0.3 is 0 Å². The predicted octanol–water partition coefficient (Wildman–Crippen LogP) is 4.37. The van der Waals surface area contributed by atoms with Crippen LogP contribution in [0.1, 0.15) is 56.3 Å². The standard InChI is InChI=1S/C13H18Cl2N2O/c1-2-7-18-8-10-16-12(14)11(13(15)17-10)9-5-3-4-6-9/h9H,2-8H2,1H3. The van der Waals surface area contributed by atoms with E-state index in [4.69, 9.17) is 27.9 Å². The van der Waals surface area contributed by atoms with E-state index < -0.39 is 0 Å². The topological polar surface area (TPSA) is 35.0 Å². The van der Waals surface area contributed by atoms with Crippen molar-refractivity contribution in [2.75, 3.05) is 6.61 Å². The van der Waals surface area contributed by atoms with Crippen LogP contribution in [0.25, 0.3) is 0 Å². The van der Waals surface area contributed by atoms with Crippen LogP contribution in [0, 0.1) is 0 Å². The first-order valence-corrected chi connectivity index (χ1v) is 7.27. The molecule has 0 aromatic carbocycles. The molecular formula is C13H18Cl2N2O. The molecule has 0 bridgehead atoms. The van der Waals surface area contributed by atoms with Crippen molar-refractivity contribution in [1.29, 1.82) is 0 Å². The average Bonchev–Trinajstić information content (AvgIpc) is 2.82. The van der Waals surface area contributed by atoms with Gasteiger partial charge < -0.3 is 4.74 Å². The Hall–Kier alpha value is -0.380. The van der Waals surface area contributed by atoms with Gasteiger partial charge in [0.05, 0.1) is 0 Å². The van der Waals surface area contributed by atoms with E-state index in [0.717, 1.165) is 24.8 Å². The molecule has 1 aromatic heterocycles. The third-order valence-electron chi connectivity index (χ3n) is 3.24. The number of nitrogens with zero attached hydrogens (tertiary/aromatic N) is 2. The summed E-state index contributed by atoms with van der Waals surface area (Å²) in [5.41, 5.74) is 0.926. The highest BCUT2D eigenvalue weighted by Gasteiger charge is 2.24. The third kappa shape index (κ3) is 3.34. The SMILES string of the molecule is CCCOCc1nc(Cl)c(C2CCCC2)c(Cl)n1. The summed E-state index contributed by atoms with van der Waals surface area (Å²) in [6, 6.07) is 0. The zero-order chi connectivity index (χ0) is 13.0. The van der Waals surface area contributed by atoms with Crippen LogP contribution in [-0.4, -0.2) is 16.6 Å². The minimum absolute atomic E-state index is 0.373. The number of hydrogen-bond acceptors (Lipinski definition) is 3. The molecule has 1 aliphatic carbocycles. The monoisotopic (exact) mass is 288 g/mol. The first kappa shape index (κ1) is 14.0. The Bertz CT molecular complexity index is 383. The van der Waals surface area contributed by atoms with E-state index in [9.17, 15) is 0 Å². The molecule has 0 N–H and O–H groups in total. The van der Waals surface area contributed by atoms with Gasteiger partial charge in [0, 0.05) is 12.2 Å². The van der Waals surface area contributed by atoms with E-state index in [1.54, 1.807) is 0 Å². The average molecular weight is 289 g/mol. The summed E-state index contributed by atoms with van der Waals surface area (Å²) in [4.78, 5) is 8.59. The molecule has 0 unspecified atom stereocenters. The van der Waals surface area contributed by atoms with Crippen LogP contribution < -0.4 is 0 Å². The fourth-order valence-corrected chi connectivity index (χ4v) is 3.11. The maximum absolute atomic E-state index is 6.24. The molecule has 0 aliphatic heterocycles. The lowest BCUT2D eigenvalue weighted by Gasteiger charge is -2.13. The van der Waals surface area contributed by atoms with Gasteiger partial charge in [-0.25, -0.2) is 9.97 Å². The number of rotatable bonds is 5. The first-order valence-electron chi connectivity index (χ1n) is 6.52. The highest BCUT2D eigenvalue weighted by molar-refractivity contribution is 6.34. The largest absolute Gasteiger partial charge is 0.373 e. The molecule has 2 rings (SSSR count). The minimum Gasteiger partial charge on any atom is -0.373 e. The zero-order valence-corrected chi connectivity index (χ0v) is 12.1. The van der Waals surface area contributed by atoms with Crippen molar-refractivity contribution < 1.29 is 4.74 Å². The molecule has 3 nitrogen and oxygen atoms in total. The maximum atomic E-state index is 6.24. The van der Waals surface area contributed by atoms with Crippen molar-refractivity contribution in [3.05, 3.63) is 21.7 Å². The Morgan fingerprint density at radius 3 is 2.33 bits per heavy atom. The number of ether oxygens (including phenoxy) is 1. The van der Waals surface area contributed by atoms with Gasteiger partial charge in [-0.2, -0.15) is 0 Å². The van der Waals surface area contributed by atoms with Crippen LogP contribution in [0.2, 0.25) is 10.3 Å². The molecule has 1 aliphatic rings. The van der Waals surface area contributed by atoms with E-state index in [0.29, 0.717) is 35.3 Å².